The third-order valence-corrected chi connectivity index (χ3v) is 8.37. The predicted octanol–water partition coefficient (Wildman–Crippen LogP) is 1.73. The van der Waals surface area contributed by atoms with Crippen molar-refractivity contribution in [3.05, 3.63) is 64.2 Å². The lowest BCUT2D eigenvalue weighted by molar-refractivity contribution is -0.136. The van der Waals surface area contributed by atoms with Gasteiger partial charge < -0.3 is 15.0 Å². The van der Waals surface area contributed by atoms with Crippen LogP contribution in [0.25, 0.3) is 0 Å². The monoisotopic (exact) mass is 502 g/mol. The number of nitrogens with one attached hydrogen (secondary N) is 2. The van der Waals surface area contributed by atoms with Crippen molar-refractivity contribution < 1.29 is 23.9 Å². The molecule has 37 heavy (non-hydrogen) atoms. The summed E-state index contributed by atoms with van der Waals surface area (Å²) in [4.78, 5) is 53.1. The van der Waals surface area contributed by atoms with Crippen molar-refractivity contribution >= 4 is 23.6 Å². The van der Waals surface area contributed by atoms with Crippen LogP contribution in [0, 0.1) is 0 Å². The van der Waals surface area contributed by atoms with Crippen LogP contribution in [0.5, 0.6) is 5.75 Å². The van der Waals surface area contributed by atoms with E-state index in [4.69, 9.17) is 4.74 Å². The Bertz CT molecular complexity index is 1310. The van der Waals surface area contributed by atoms with Gasteiger partial charge in [0, 0.05) is 47.7 Å². The van der Waals surface area contributed by atoms with E-state index in [1.165, 1.54) is 0 Å². The number of fused-ring (bicyclic) bond motifs is 4. The first-order chi connectivity index (χ1) is 17.9. The number of ether oxygens (including phenoxy) is 1. The van der Waals surface area contributed by atoms with Gasteiger partial charge in [-0.05, 0) is 56.1 Å². The summed E-state index contributed by atoms with van der Waals surface area (Å²) in [6, 6.07) is 11.0. The molecule has 0 bridgehead atoms. The first-order valence-electron chi connectivity index (χ1n) is 12.9. The Hall–Kier alpha value is -3.72. The minimum absolute atomic E-state index is 0.0821. The number of hydrogen-bond acceptors (Lipinski definition) is 6. The molecule has 1 unspecified atom stereocenters. The Labute approximate surface area is 215 Å². The van der Waals surface area contributed by atoms with E-state index >= 15 is 0 Å². The third-order valence-electron chi connectivity index (χ3n) is 8.37. The maximum Gasteiger partial charge on any atom is 0.255 e. The number of nitrogens with zero attached hydrogens (tertiary/aromatic N) is 2. The lowest BCUT2D eigenvalue weighted by Crippen LogP contribution is -2.52. The van der Waals surface area contributed by atoms with Gasteiger partial charge in [0.15, 0.2) is 0 Å². The molecule has 0 aromatic heterocycles. The molecule has 1 spiro atoms. The molecule has 9 heteroatoms. The molecule has 1 atom stereocenters. The molecule has 6 rings (SSSR count). The number of likely N-dealkylation sites (tertiary alicyclic amines) is 1. The first-order valence-corrected chi connectivity index (χ1v) is 12.9. The number of imide groups is 1. The van der Waals surface area contributed by atoms with Crippen molar-refractivity contribution in [2.24, 2.45) is 0 Å². The molecule has 2 saturated heterocycles. The predicted molar refractivity (Wildman–Crippen MR) is 134 cm³/mol. The fourth-order valence-corrected chi connectivity index (χ4v) is 6.25. The summed E-state index contributed by atoms with van der Waals surface area (Å²) in [7, 11) is 1.64. The van der Waals surface area contributed by atoms with Crippen LogP contribution in [-0.2, 0) is 28.1 Å². The van der Waals surface area contributed by atoms with Crippen molar-refractivity contribution in [3.8, 4) is 5.75 Å². The summed E-state index contributed by atoms with van der Waals surface area (Å²) >= 11 is 0. The second-order valence-corrected chi connectivity index (χ2v) is 10.5. The summed E-state index contributed by atoms with van der Waals surface area (Å²) in [5.41, 5.74) is 4.30. The number of hydrogen-bond donors (Lipinski definition) is 2. The van der Waals surface area contributed by atoms with Crippen LogP contribution in [0.3, 0.4) is 0 Å². The molecular weight excluding hydrogens is 472 g/mol. The van der Waals surface area contributed by atoms with E-state index in [1.54, 1.807) is 11.9 Å². The zero-order chi connectivity index (χ0) is 25.7. The van der Waals surface area contributed by atoms with Gasteiger partial charge in [0.25, 0.3) is 11.8 Å². The van der Waals surface area contributed by atoms with Gasteiger partial charge in [-0.15, -0.1) is 0 Å². The number of rotatable bonds is 4. The fourth-order valence-electron chi connectivity index (χ4n) is 6.25. The van der Waals surface area contributed by atoms with Gasteiger partial charge in [-0.2, -0.15) is 0 Å². The minimum Gasteiger partial charge on any atom is -0.492 e. The van der Waals surface area contributed by atoms with Crippen LogP contribution >= 0.6 is 0 Å². The molecule has 2 N–H and O–H groups in total. The number of piperidine rings is 2. The molecule has 4 aliphatic heterocycles. The number of carbonyl (C=O) groups is 4. The Kier molecular flexibility index (Phi) is 5.75. The maximum atomic E-state index is 13.2. The average Bonchev–Trinajstić information content (AvgIpc) is 3.43. The molecule has 4 aliphatic rings. The summed E-state index contributed by atoms with van der Waals surface area (Å²) in [5.74, 6) is -0.152. The van der Waals surface area contributed by atoms with E-state index in [-0.39, 0.29) is 29.6 Å². The molecule has 4 amide bonds. The van der Waals surface area contributed by atoms with Gasteiger partial charge in [0.05, 0.1) is 13.2 Å². The molecule has 9 nitrogen and oxygen atoms in total. The highest BCUT2D eigenvalue weighted by molar-refractivity contribution is 6.05. The Morgan fingerprint density at radius 2 is 1.97 bits per heavy atom. The summed E-state index contributed by atoms with van der Waals surface area (Å²) in [5, 5.41) is 5.03. The number of benzene rings is 2. The second kappa shape index (κ2) is 8.99. The van der Waals surface area contributed by atoms with E-state index in [1.807, 2.05) is 30.3 Å². The zero-order valence-electron chi connectivity index (χ0n) is 20.8. The van der Waals surface area contributed by atoms with Crippen molar-refractivity contribution in [2.45, 2.75) is 50.2 Å². The largest absolute Gasteiger partial charge is 0.492 e. The van der Waals surface area contributed by atoms with Gasteiger partial charge in [-0.3, -0.25) is 29.4 Å². The van der Waals surface area contributed by atoms with Crippen molar-refractivity contribution in [3.63, 3.8) is 0 Å². The van der Waals surface area contributed by atoms with Crippen molar-refractivity contribution in [1.82, 2.24) is 20.4 Å². The first kappa shape index (κ1) is 23.7. The molecule has 4 heterocycles. The highest BCUT2D eigenvalue weighted by Crippen LogP contribution is 2.49. The average molecular weight is 503 g/mol. The number of amides is 4. The lowest BCUT2D eigenvalue weighted by atomic mass is 9.74. The minimum atomic E-state index is -0.631. The molecular formula is C28H30N4O5. The standard InChI is InChI=1S/C28H30N4O5/c1-29-25(34)18-4-2-3-17(13-18)14-31-11-9-28(10-12-31)16-37-24-20-15-32(22-7-8-23(33)30-26(22)35)27(36)19(20)5-6-21(24)28/h2-6,13,22H,7-12,14-16H2,1H3,(H,29,34)(H,30,33,35). The van der Waals surface area contributed by atoms with Gasteiger partial charge in [-0.25, -0.2) is 0 Å². The second-order valence-electron chi connectivity index (χ2n) is 10.5. The topological polar surface area (TPSA) is 108 Å². The van der Waals surface area contributed by atoms with Crippen LogP contribution < -0.4 is 15.4 Å². The Morgan fingerprint density at radius 1 is 1.16 bits per heavy atom. The Balaban J connectivity index is 1.16. The maximum absolute atomic E-state index is 13.2. The molecule has 2 aromatic rings. The van der Waals surface area contributed by atoms with E-state index in [9.17, 15) is 19.2 Å². The van der Waals surface area contributed by atoms with Gasteiger partial charge in [0.1, 0.15) is 11.8 Å². The van der Waals surface area contributed by atoms with Crippen LogP contribution in [0.15, 0.2) is 36.4 Å². The van der Waals surface area contributed by atoms with Gasteiger partial charge in [0.2, 0.25) is 11.8 Å². The zero-order valence-corrected chi connectivity index (χ0v) is 20.8. The van der Waals surface area contributed by atoms with Gasteiger partial charge >= 0.3 is 0 Å². The van der Waals surface area contributed by atoms with Crippen LogP contribution in [0.2, 0.25) is 0 Å². The molecule has 2 aromatic carbocycles. The molecule has 0 saturated carbocycles. The summed E-state index contributed by atoms with van der Waals surface area (Å²) < 4.78 is 6.27. The summed E-state index contributed by atoms with van der Waals surface area (Å²) in [6.45, 7) is 3.52. The van der Waals surface area contributed by atoms with Crippen molar-refractivity contribution in [2.75, 3.05) is 26.7 Å². The quantitative estimate of drug-likeness (QED) is 0.617. The van der Waals surface area contributed by atoms with E-state index in [0.29, 0.717) is 30.7 Å². The van der Waals surface area contributed by atoms with Gasteiger partial charge in [-0.1, -0.05) is 18.2 Å². The SMILES string of the molecule is CNC(=O)c1cccc(CN2CCC3(CC2)COc2c3ccc3c2CN(C2CCC(=O)NC2=O)C3=O)c1. The molecule has 0 radical (unpaired) electrons. The Morgan fingerprint density at radius 3 is 2.73 bits per heavy atom. The highest BCUT2D eigenvalue weighted by Gasteiger charge is 2.47. The smallest absolute Gasteiger partial charge is 0.255 e. The normalized spacial score (nSPS) is 22.5. The summed E-state index contributed by atoms with van der Waals surface area (Å²) in [6.07, 6.45) is 2.47. The van der Waals surface area contributed by atoms with E-state index in [2.05, 4.69) is 21.6 Å². The fraction of sp³-hybridized carbons (Fsp3) is 0.429. The molecule has 0 aliphatic carbocycles. The van der Waals surface area contributed by atoms with Crippen LogP contribution in [-0.4, -0.2) is 66.2 Å². The van der Waals surface area contributed by atoms with E-state index in [0.717, 1.165) is 54.9 Å². The van der Waals surface area contributed by atoms with Crippen LogP contribution in [0.4, 0.5) is 0 Å². The molecule has 192 valence electrons. The lowest BCUT2D eigenvalue weighted by Gasteiger charge is -2.38. The highest BCUT2D eigenvalue weighted by atomic mass is 16.5. The van der Waals surface area contributed by atoms with Crippen molar-refractivity contribution in [1.29, 1.82) is 0 Å². The van der Waals surface area contributed by atoms with Crippen LogP contribution in [0.1, 0.15) is 63.1 Å². The van der Waals surface area contributed by atoms with E-state index < -0.39 is 11.9 Å². The number of carbonyl (C=O) groups excluding carboxylic acids is 4. The third kappa shape index (κ3) is 3.98. The molecule has 2 fully saturated rings.